The number of aromatic nitrogens is 2. The van der Waals surface area contributed by atoms with E-state index in [1.54, 1.807) is 20.0 Å². The number of hydrogen-bond acceptors (Lipinski definition) is 2. The lowest BCUT2D eigenvalue weighted by molar-refractivity contribution is -0.197. The maximum Gasteiger partial charge on any atom is 0.397 e. The third-order valence-electron chi connectivity index (χ3n) is 3.15. The Labute approximate surface area is 105 Å². The normalized spacial score (nSPS) is 13.9. The summed E-state index contributed by atoms with van der Waals surface area (Å²) >= 11 is 0. The summed E-state index contributed by atoms with van der Waals surface area (Å²) in [6, 6.07) is 0. The number of alkyl halides is 3. The van der Waals surface area contributed by atoms with Crippen molar-refractivity contribution in [1.82, 2.24) is 9.97 Å². The molecule has 0 fully saturated rings. The summed E-state index contributed by atoms with van der Waals surface area (Å²) < 4.78 is 38.6. The highest BCUT2D eigenvalue weighted by molar-refractivity contribution is 5.52. The van der Waals surface area contributed by atoms with Crippen molar-refractivity contribution in [3.8, 4) is 0 Å². The van der Waals surface area contributed by atoms with E-state index in [9.17, 15) is 13.2 Å². The number of rotatable bonds is 2. The van der Waals surface area contributed by atoms with E-state index in [-0.39, 0.29) is 5.57 Å². The van der Waals surface area contributed by atoms with E-state index < -0.39 is 11.6 Å². The molecule has 5 heteroatoms. The Kier molecular flexibility index (Phi) is 3.84. The molecule has 0 aliphatic heterocycles. The fourth-order valence-electron chi connectivity index (χ4n) is 1.36. The highest BCUT2D eigenvalue weighted by atomic mass is 19.4. The van der Waals surface area contributed by atoms with Crippen LogP contribution in [0.5, 0.6) is 0 Å². The lowest BCUT2D eigenvalue weighted by Gasteiger charge is -2.28. The number of halogens is 3. The van der Waals surface area contributed by atoms with Gasteiger partial charge in [-0.15, -0.1) is 0 Å². The summed E-state index contributed by atoms with van der Waals surface area (Å²) in [4.78, 5) is 8.29. The first kappa shape index (κ1) is 14.7. The quantitative estimate of drug-likeness (QED) is 0.798. The van der Waals surface area contributed by atoms with Gasteiger partial charge in [0.15, 0.2) is 0 Å². The van der Waals surface area contributed by atoms with Crippen LogP contribution in [0, 0.1) is 19.3 Å². The molecular weight excluding hydrogens is 241 g/mol. The van der Waals surface area contributed by atoms with E-state index in [0.717, 1.165) is 19.5 Å². The summed E-state index contributed by atoms with van der Waals surface area (Å²) in [5.41, 5.74) is 0.211. The molecule has 1 rings (SSSR count). The third kappa shape index (κ3) is 2.89. The van der Waals surface area contributed by atoms with Gasteiger partial charge in [-0.2, -0.15) is 13.2 Å². The van der Waals surface area contributed by atoms with Crippen molar-refractivity contribution in [3.63, 3.8) is 0 Å². The SMILES string of the molecule is C/C(=C\c1ncc(C)nc1C)C(C)(C)C(F)(F)F. The summed E-state index contributed by atoms with van der Waals surface area (Å²) in [5.74, 6) is 0. The maximum atomic E-state index is 12.9. The van der Waals surface area contributed by atoms with E-state index in [0.29, 0.717) is 11.4 Å². The van der Waals surface area contributed by atoms with Crippen LogP contribution in [0.2, 0.25) is 0 Å². The second kappa shape index (κ2) is 4.71. The van der Waals surface area contributed by atoms with Crippen LogP contribution in [0.1, 0.15) is 37.9 Å². The minimum Gasteiger partial charge on any atom is -0.255 e. The van der Waals surface area contributed by atoms with E-state index in [4.69, 9.17) is 0 Å². The second-order valence-corrected chi connectivity index (χ2v) is 4.93. The average molecular weight is 258 g/mol. The predicted molar refractivity (Wildman–Crippen MR) is 65.0 cm³/mol. The molecule has 1 aromatic heterocycles. The maximum absolute atomic E-state index is 12.9. The van der Waals surface area contributed by atoms with Gasteiger partial charge in [-0.1, -0.05) is 5.57 Å². The van der Waals surface area contributed by atoms with Gasteiger partial charge in [-0.05, 0) is 40.7 Å². The molecule has 0 saturated carbocycles. The van der Waals surface area contributed by atoms with Gasteiger partial charge in [0.25, 0.3) is 0 Å². The summed E-state index contributed by atoms with van der Waals surface area (Å²) in [6.07, 6.45) is -1.28. The van der Waals surface area contributed by atoms with Crippen LogP contribution in [0.3, 0.4) is 0 Å². The van der Waals surface area contributed by atoms with E-state index in [2.05, 4.69) is 9.97 Å². The fraction of sp³-hybridized carbons (Fsp3) is 0.538. The molecular formula is C13H17F3N2. The molecule has 0 radical (unpaired) electrons. The monoisotopic (exact) mass is 258 g/mol. The van der Waals surface area contributed by atoms with Crippen LogP contribution in [-0.4, -0.2) is 16.1 Å². The zero-order valence-electron chi connectivity index (χ0n) is 11.2. The van der Waals surface area contributed by atoms with Crippen LogP contribution in [0.15, 0.2) is 11.8 Å². The van der Waals surface area contributed by atoms with Gasteiger partial charge in [-0.25, -0.2) is 0 Å². The van der Waals surface area contributed by atoms with Crippen molar-refractivity contribution in [2.24, 2.45) is 5.41 Å². The van der Waals surface area contributed by atoms with E-state index in [1.807, 2.05) is 0 Å². The van der Waals surface area contributed by atoms with Crippen LogP contribution < -0.4 is 0 Å². The van der Waals surface area contributed by atoms with Gasteiger partial charge < -0.3 is 0 Å². The first-order valence-electron chi connectivity index (χ1n) is 5.61. The van der Waals surface area contributed by atoms with Gasteiger partial charge in [0.1, 0.15) is 0 Å². The Morgan fingerprint density at radius 3 is 2.22 bits per heavy atom. The van der Waals surface area contributed by atoms with Crippen LogP contribution in [-0.2, 0) is 0 Å². The van der Waals surface area contributed by atoms with Gasteiger partial charge in [-0.3, -0.25) is 9.97 Å². The molecule has 0 amide bonds. The van der Waals surface area contributed by atoms with E-state index >= 15 is 0 Å². The van der Waals surface area contributed by atoms with Crippen molar-refractivity contribution >= 4 is 6.08 Å². The molecule has 0 aromatic carbocycles. The smallest absolute Gasteiger partial charge is 0.255 e. The predicted octanol–water partition coefficient (Wildman–Crippen LogP) is 4.09. The molecule has 0 saturated heterocycles. The molecule has 0 aliphatic carbocycles. The number of allylic oxidation sites excluding steroid dienone is 1. The number of hydrogen-bond donors (Lipinski definition) is 0. The van der Waals surface area contributed by atoms with Crippen molar-refractivity contribution in [3.05, 3.63) is 28.9 Å². The first-order chi connectivity index (χ1) is 8.05. The van der Waals surface area contributed by atoms with Gasteiger partial charge >= 0.3 is 6.18 Å². The Bertz CT molecular complexity index is 474. The summed E-state index contributed by atoms with van der Waals surface area (Å²) in [6.45, 7) is 7.32. The highest BCUT2D eigenvalue weighted by Crippen LogP contribution is 2.43. The molecule has 0 spiro atoms. The number of nitrogens with zero attached hydrogens (tertiary/aromatic N) is 2. The van der Waals surface area contributed by atoms with Crippen LogP contribution in [0.4, 0.5) is 13.2 Å². The van der Waals surface area contributed by atoms with Crippen molar-refractivity contribution < 1.29 is 13.2 Å². The largest absolute Gasteiger partial charge is 0.397 e. The molecule has 2 nitrogen and oxygen atoms in total. The average Bonchev–Trinajstić information content (AvgIpc) is 2.20. The molecule has 100 valence electrons. The van der Waals surface area contributed by atoms with Crippen molar-refractivity contribution in [1.29, 1.82) is 0 Å². The molecule has 0 bridgehead atoms. The minimum atomic E-state index is -4.28. The Morgan fingerprint density at radius 2 is 1.78 bits per heavy atom. The number of aryl methyl sites for hydroxylation is 2. The Morgan fingerprint density at radius 1 is 1.22 bits per heavy atom. The van der Waals surface area contributed by atoms with Crippen molar-refractivity contribution in [2.75, 3.05) is 0 Å². The minimum absolute atomic E-state index is 0.219. The van der Waals surface area contributed by atoms with Gasteiger partial charge in [0.05, 0.1) is 22.5 Å². The van der Waals surface area contributed by atoms with Crippen LogP contribution in [0.25, 0.3) is 6.08 Å². The van der Waals surface area contributed by atoms with Crippen molar-refractivity contribution in [2.45, 2.75) is 40.8 Å². The molecule has 0 aliphatic rings. The standard InChI is InChI=1S/C13H17F3N2/c1-8(12(4,5)13(14,15)16)6-11-10(3)18-9(2)7-17-11/h6-7H,1-5H3/b8-6+. The molecule has 0 unspecified atom stereocenters. The summed E-state index contributed by atoms with van der Waals surface area (Å²) in [5, 5.41) is 0. The summed E-state index contributed by atoms with van der Waals surface area (Å²) in [7, 11) is 0. The zero-order valence-corrected chi connectivity index (χ0v) is 11.2. The van der Waals surface area contributed by atoms with E-state index in [1.165, 1.54) is 13.0 Å². The van der Waals surface area contributed by atoms with Gasteiger partial charge in [0, 0.05) is 6.20 Å². The lowest BCUT2D eigenvalue weighted by Crippen LogP contribution is -2.33. The fourth-order valence-corrected chi connectivity index (χ4v) is 1.36. The highest BCUT2D eigenvalue weighted by Gasteiger charge is 2.48. The zero-order chi connectivity index (χ0) is 14.1. The molecule has 0 atom stereocenters. The second-order valence-electron chi connectivity index (χ2n) is 4.93. The molecule has 0 N–H and O–H groups in total. The molecule has 1 aromatic rings. The Hall–Kier alpha value is -1.39. The third-order valence-corrected chi connectivity index (χ3v) is 3.15. The van der Waals surface area contributed by atoms with Gasteiger partial charge in [0.2, 0.25) is 0 Å². The molecule has 18 heavy (non-hydrogen) atoms. The Balaban J connectivity index is 3.17. The topological polar surface area (TPSA) is 25.8 Å². The lowest BCUT2D eigenvalue weighted by atomic mass is 9.84. The first-order valence-corrected chi connectivity index (χ1v) is 5.61. The van der Waals surface area contributed by atoms with Crippen LogP contribution >= 0.6 is 0 Å². The molecule has 1 heterocycles.